The number of carbonyl (C=O) groups is 1. The molecular formula is C4H12O5S. The van der Waals surface area contributed by atoms with Crippen LogP contribution in [0.1, 0.15) is 13.8 Å². The molecule has 5 nitrogen and oxygen atoms in total. The second-order valence-corrected chi connectivity index (χ2v) is 3.11. The number of ketones is 1. The Hall–Kier alpha value is -0.460. The van der Waals surface area contributed by atoms with Crippen LogP contribution in [0.25, 0.3) is 0 Å². The SMILES string of the molecule is CC(C)=O.CS(=O)(=O)O.O. The summed E-state index contributed by atoms with van der Waals surface area (Å²) in [4.78, 5) is 9.44. The predicted octanol–water partition coefficient (Wildman–Crippen LogP) is -0.725. The lowest BCUT2D eigenvalue weighted by Crippen LogP contribution is -1.88. The fourth-order valence-electron chi connectivity index (χ4n) is 0. The van der Waals surface area contributed by atoms with Gasteiger partial charge in [0.2, 0.25) is 0 Å². The van der Waals surface area contributed by atoms with E-state index in [1.165, 1.54) is 13.8 Å². The molecule has 3 N–H and O–H groups in total. The van der Waals surface area contributed by atoms with Crippen LogP contribution in [0.4, 0.5) is 0 Å². The van der Waals surface area contributed by atoms with Gasteiger partial charge in [-0.2, -0.15) is 8.42 Å². The van der Waals surface area contributed by atoms with E-state index in [1.54, 1.807) is 0 Å². The summed E-state index contributed by atoms with van der Waals surface area (Å²) in [5.41, 5.74) is 0. The molecule has 10 heavy (non-hydrogen) atoms. The standard InChI is InChI=1S/C3H6O.CH4O3S.H2O/c1-3(2)4;1-5(2,3)4;/h1-2H3;1H3,(H,2,3,4);1H2. The third-order valence-corrected chi connectivity index (χ3v) is 0. The van der Waals surface area contributed by atoms with E-state index in [9.17, 15) is 13.2 Å². The van der Waals surface area contributed by atoms with Gasteiger partial charge in [0, 0.05) is 0 Å². The lowest BCUT2D eigenvalue weighted by molar-refractivity contribution is -0.114. The zero-order chi connectivity index (χ0) is 8.08. The van der Waals surface area contributed by atoms with Crippen LogP contribution >= 0.6 is 0 Å². The maximum atomic E-state index is 9.44. The van der Waals surface area contributed by atoms with Gasteiger partial charge in [0.05, 0.1) is 6.26 Å². The van der Waals surface area contributed by atoms with Gasteiger partial charge in [0.25, 0.3) is 10.1 Å². The molecule has 0 saturated carbocycles. The Morgan fingerprint density at radius 3 is 1.30 bits per heavy atom. The molecule has 0 radical (unpaired) electrons. The molecule has 0 saturated heterocycles. The van der Waals surface area contributed by atoms with Crippen molar-refractivity contribution in [1.82, 2.24) is 0 Å². The molecule has 0 aromatic rings. The van der Waals surface area contributed by atoms with Gasteiger partial charge < -0.3 is 10.3 Å². The van der Waals surface area contributed by atoms with Gasteiger partial charge >= 0.3 is 0 Å². The largest absolute Gasteiger partial charge is 0.412 e. The molecule has 0 unspecified atom stereocenters. The highest BCUT2D eigenvalue weighted by Crippen LogP contribution is 1.60. The number of Topliss-reactive ketones (excluding diaryl/α,β-unsaturated/α-hetero) is 1. The van der Waals surface area contributed by atoms with Crippen molar-refractivity contribution in [3.05, 3.63) is 0 Å². The highest BCUT2D eigenvalue weighted by molar-refractivity contribution is 7.85. The van der Waals surface area contributed by atoms with Crippen molar-refractivity contribution in [3.63, 3.8) is 0 Å². The van der Waals surface area contributed by atoms with Gasteiger partial charge in [0.1, 0.15) is 5.78 Å². The van der Waals surface area contributed by atoms with Crippen LogP contribution in [-0.2, 0) is 14.9 Å². The van der Waals surface area contributed by atoms with Crippen molar-refractivity contribution in [1.29, 1.82) is 0 Å². The van der Waals surface area contributed by atoms with Gasteiger partial charge in [-0.05, 0) is 13.8 Å². The maximum absolute atomic E-state index is 9.44. The second-order valence-electron chi connectivity index (χ2n) is 1.64. The minimum Gasteiger partial charge on any atom is -0.412 e. The van der Waals surface area contributed by atoms with Crippen molar-refractivity contribution in [2.45, 2.75) is 13.8 Å². The summed E-state index contributed by atoms with van der Waals surface area (Å²) in [6, 6.07) is 0. The molecule has 0 aromatic heterocycles. The molecule has 0 spiro atoms. The highest BCUT2D eigenvalue weighted by atomic mass is 32.2. The minimum atomic E-state index is -3.67. The van der Waals surface area contributed by atoms with Crippen molar-refractivity contribution in [2.75, 3.05) is 6.26 Å². The molecular weight excluding hydrogens is 160 g/mol. The first-order chi connectivity index (χ1) is 3.73. The van der Waals surface area contributed by atoms with Crippen LogP contribution in [-0.4, -0.2) is 30.5 Å². The first-order valence-electron chi connectivity index (χ1n) is 2.13. The zero-order valence-electron chi connectivity index (χ0n) is 6.08. The summed E-state index contributed by atoms with van der Waals surface area (Å²) in [5, 5.41) is 0. The molecule has 0 bridgehead atoms. The number of hydrogen-bond acceptors (Lipinski definition) is 3. The fraction of sp³-hybridized carbons (Fsp3) is 0.750. The molecule has 0 rings (SSSR count). The molecule has 0 heterocycles. The fourth-order valence-corrected chi connectivity index (χ4v) is 0. The van der Waals surface area contributed by atoms with E-state index < -0.39 is 10.1 Å². The number of rotatable bonds is 0. The maximum Gasteiger partial charge on any atom is 0.261 e. The summed E-state index contributed by atoms with van der Waals surface area (Å²) in [7, 11) is -3.67. The van der Waals surface area contributed by atoms with Gasteiger partial charge in [-0.25, -0.2) is 0 Å². The first kappa shape index (κ1) is 16.3. The average Bonchev–Trinajstić information content (AvgIpc) is 1.19. The number of carbonyl (C=O) groups excluding carboxylic acids is 1. The van der Waals surface area contributed by atoms with Crippen LogP contribution in [0, 0.1) is 0 Å². The lowest BCUT2D eigenvalue weighted by atomic mass is 10.6. The molecule has 0 aliphatic heterocycles. The summed E-state index contributed by atoms with van der Waals surface area (Å²) < 4.78 is 25.9. The summed E-state index contributed by atoms with van der Waals surface area (Å²) in [5.74, 6) is 0.167. The molecule has 6 heteroatoms. The Bertz CT molecular complexity index is 156. The molecule has 0 aliphatic rings. The van der Waals surface area contributed by atoms with Crippen molar-refractivity contribution < 1.29 is 23.2 Å². The number of hydrogen-bond donors (Lipinski definition) is 1. The van der Waals surface area contributed by atoms with Crippen LogP contribution < -0.4 is 0 Å². The van der Waals surface area contributed by atoms with E-state index in [0.717, 1.165) is 0 Å². The molecule has 0 amide bonds. The van der Waals surface area contributed by atoms with E-state index >= 15 is 0 Å². The van der Waals surface area contributed by atoms with Crippen molar-refractivity contribution in [2.24, 2.45) is 0 Å². The van der Waals surface area contributed by atoms with E-state index in [4.69, 9.17) is 4.55 Å². The molecule has 0 fully saturated rings. The Balaban J connectivity index is -0.0000000910. The zero-order valence-corrected chi connectivity index (χ0v) is 6.90. The summed E-state index contributed by atoms with van der Waals surface area (Å²) in [6.45, 7) is 3.06. The van der Waals surface area contributed by atoms with E-state index in [1.807, 2.05) is 0 Å². The Morgan fingerprint density at radius 2 is 1.30 bits per heavy atom. The Kier molecular flexibility index (Phi) is 10.8. The quantitative estimate of drug-likeness (QED) is 0.486. The van der Waals surface area contributed by atoms with Crippen molar-refractivity contribution >= 4 is 15.9 Å². The third kappa shape index (κ3) is 1520. The van der Waals surface area contributed by atoms with Crippen LogP contribution in [0.3, 0.4) is 0 Å². The van der Waals surface area contributed by atoms with Crippen LogP contribution in [0.5, 0.6) is 0 Å². The predicted molar refractivity (Wildman–Crippen MR) is 37.4 cm³/mol. The summed E-state index contributed by atoms with van der Waals surface area (Å²) >= 11 is 0. The van der Waals surface area contributed by atoms with E-state index in [2.05, 4.69) is 0 Å². The Labute approximate surface area is 60.1 Å². The molecule has 0 aromatic carbocycles. The smallest absolute Gasteiger partial charge is 0.261 e. The Morgan fingerprint density at radius 1 is 1.30 bits per heavy atom. The second kappa shape index (κ2) is 6.66. The van der Waals surface area contributed by atoms with Crippen LogP contribution in [0.15, 0.2) is 0 Å². The van der Waals surface area contributed by atoms with Gasteiger partial charge in [-0.3, -0.25) is 4.55 Å². The molecule has 0 atom stereocenters. The minimum absolute atomic E-state index is 0. The third-order valence-electron chi connectivity index (χ3n) is 0. The normalized spacial score (nSPS) is 8.40. The van der Waals surface area contributed by atoms with Gasteiger partial charge in [-0.15, -0.1) is 0 Å². The van der Waals surface area contributed by atoms with E-state index in [0.29, 0.717) is 6.26 Å². The summed E-state index contributed by atoms with van der Waals surface area (Å²) in [6.07, 6.45) is 0.715. The van der Waals surface area contributed by atoms with Gasteiger partial charge in [0.15, 0.2) is 0 Å². The van der Waals surface area contributed by atoms with Crippen molar-refractivity contribution in [3.8, 4) is 0 Å². The van der Waals surface area contributed by atoms with Gasteiger partial charge in [-0.1, -0.05) is 0 Å². The topological polar surface area (TPSA) is 103 Å². The monoisotopic (exact) mass is 172 g/mol. The van der Waals surface area contributed by atoms with Crippen LogP contribution in [0.2, 0.25) is 0 Å². The molecule has 0 aliphatic carbocycles. The molecule has 64 valence electrons. The first-order valence-corrected chi connectivity index (χ1v) is 3.98. The average molecular weight is 172 g/mol. The van der Waals surface area contributed by atoms with E-state index in [-0.39, 0.29) is 11.3 Å². The lowest BCUT2D eigenvalue weighted by Gasteiger charge is -1.69. The highest BCUT2D eigenvalue weighted by Gasteiger charge is 1.81.